The predicted octanol–water partition coefficient (Wildman–Crippen LogP) is 7.27. The van der Waals surface area contributed by atoms with Crippen molar-refractivity contribution in [3.05, 3.63) is 46.4 Å². The first-order valence-electron chi connectivity index (χ1n) is 13.3. The third kappa shape index (κ3) is 5.44. The zero-order valence-electron chi connectivity index (χ0n) is 22.5. The second kappa shape index (κ2) is 9.78. The molecule has 188 valence electrons. The minimum absolute atomic E-state index is 0.0438. The molecule has 34 heavy (non-hydrogen) atoms. The van der Waals surface area contributed by atoms with Crippen LogP contribution in [0.4, 0.5) is 4.39 Å². The lowest BCUT2D eigenvalue weighted by atomic mass is 9.78. The maximum atomic E-state index is 15.7. The van der Waals surface area contributed by atoms with Crippen molar-refractivity contribution in [1.82, 2.24) is 9.88 Å². The molecule has 1 aliphatic heterocycles. The number of nitrogens with zero attached hydrogens (tertiary/aromatic N) is 1. The number of hydrogen-bond acceptors (Lipinski definition) is 2. The Labute approximate surface area is 206 Å². The van der Waals surface area contributed by atoms with Crippen LogP contribution in [0.3, 0.4) is 0 Å². The molecule has 1 saturated heterocycles. The predicted molar refractivity (Wildman–Crippen MR) is 140 cm³/mol. The van der Waals surface area contributed by atoms with E-state index in [0.717, 1.165) is 48.9 Å². The molecule has 1 aromatic carbocycles. The number of hydrogen-bond donors (Lipinski definition) is 1. The highest BCUT2D eigenvalue weighted by atomic mass is 19.1. The number of aromatic nitrogens is 1. The maximum Gasteiger partial charge on any atom is 0.130 e. The van der Waals surface area contributed by atoms with E-state index in [-0.39, 0.29) is 16.6 Å². The molecule has 2 aliphatic rings. The Bertz CT molecular complexity index is 963. The van der Waals surface area contributed by atoms with Crippen molar-refractivity contribution in [3.63, 3.8) is 0 Å². The monoisotopic (exact) mass is 468 g/mol. The third-order valence-corrected chi connectivity index (χ3v) is 7.84. The first-order chi connectivity index (χ1) is 15.9. The molecule has 0 atom stereocenters. The van der Waals surface area contributed by atoms with Gasteiger partial charge >= 0.3 is 0 Å². The molecule has 1 saturated carbocycles. The largest absolute Gasteiger partial charge is 0.378 e. The van der Waals surface area contributed by atoms with Gasteiger partial charge in [-0.2, -0.15) is 0 Å². The zero-order chi connectivity index (χ0) is 24.7. The van der Waals surface area contributed by atoms with Gasteiger partial charge in [-0.1, -0.05) is 60.8 Å². The van der Waals surface area contributed by atoms with Crippen LogP contribution >= 0.6 is 0 Å². The van der Waals surface area contributed by atoms with Gasteiger partial charge in [0.05, 0.1) is 19.3 Å². The Morgan fingerprint density at radius 3 is 2.03 bits per heavy atom. The zero-order valence-corrected chi connectivity index (χ0v) is 22.5. The number of ether oxygens (including phenoxy) is 1. The second-order valence-electron chi connectivity index (χ2n) is 12.8. The third-order valence-electron chi connectivity index (χ3n) is 7.84. The van der Waals surface area contributed by atoms with Crippen LogP contribution in [0.1, 0.15) is 96.0 Å². The van der Waals surface area contributed by atoms with Crippen molar-refractivity contribution >= 4 is 0 Å². The van der Waals surface area contributed by atoms with E-state index in [4.69, 9.17) is 4.74 Å². The summed E-state index contributed by atoms with van der Waals surface area (Å²) in [6.45, 7) is 18.5. The van der Waals surface area contributed by atoms with Gasteiger partial charge in [-0.25, -0.2) is 4.39 Å². The molecule has 2 fully saturated rings. The Hall–Kier alpha value is -1.65. The van der Waals surface area contributed by atoms with Crippen LogP contribution in [0.2, 0.25) is 0 Å². The van der Waals surface area contributed by atoms with Gasteiger partial charge in [-0.3, -0.25) is 0 Å². The quantitative estimate of drug-likeness (QED) is 0.482. The van der Waals surface area contributed by atoms with E-state index < -0.39 is 0 Å². The normalized spacial score (nSPS) is 18.4. The molecule has 2 heterocycles. The lowest BCUT2D eigenvalue weighted by Crippen LogP contribution is -2.45. The van der Waals surface area contributed by atoms with E-state index in [1.807, 2.05) is 0 Å². The van der Waals surface area contributed by atoms with Crippen molar-refractivity contribution < 1.29 is 9.13 Å². The summed E-state index contributed by atoms with van der Waals surface area (Å²) >= 11 is 0. The van der Waals surface area contributed by atoms with Gasteiger partial charge < -0.3 is 14.6 Å². The minimum Gasteiger partial charge on any atom is -0.378 e. The molecule has 1 aromatic heterocycles. The summed E-state index contributed by atoms with van der Waals surface area (Å²) in [6.07, 6.45) is 6.68. The summed E-state index contributed by atoms with van der Waals surface area (Å²) < 4.78 is 23.6. The van der Waals surface area contributed by atoms with Crippen molar-refractivity contribution in [3.8, 4) is 11.3 Å². The smallest absolute Gasteiger partial charge is 0.130 e. The molecular weight excluding hydrogens is 423 g/mol. The van der Waals surface area contributed by atoms with E-state index in [1.165, 1.54) is 49.1 Å². The van der Waals surface area contributed by atoms with Gasteiger partial charge in [0.15, 0.2) is 0 Å². The fourth-order valence-electron chi connectivity index (χ4n) is 5.45. The van der Waals surface area contributed by atoms with Crippen LogP contribution in [0.5, 0.6) is 0 Å². The lowest BCUT2D eigenvalue weighted by molar-refractivity contribution is -0.00580. The number of nitrogens with one attached hydrogen (secondary N) is 1. The highest BCUT2D eigenvalue weighted by Crippen LogP contribution is 2.39. The van der Waals surface area contributed by atoms with Gasteiger partial charge in [0, 0.05) is 24.5 Å². The van der Waals surface area contributed by atoms with E-state index >= 15 is 4.39 Å². The highest BCUT2D eigenvalue weighted by Gasteiger charge is 2.29. The van der Waals surface area contributed by atoms with Crippen LogP contribution in [0.25, 0.3) is 11.3 Å². The van der Waals surface area contributed by atoms with E-state index in [0.29, 0.717) is 6.04 Å². The summed E-state index contributed by atoms with van der Waals surface area (Å²) in [5.41, 5.74) is 6.17. The molecule has 1 N–H and O–H groups in total. The number of benzene rings is 1. The van der Waals surface area contributed by atoms with Crippen LogP contribution in [0.15, 0.2) is 18.2 Å². The Morgan fingerprint density at radius 2 is 1.53 bits per heavy atom. The van der Waals surface area contributed by atoms with E-state index in [1.54, 1.807) is 0 Å². The van der Waals surface area contributed by atoms with Crippen LogP contribution in [-0.2, 0) is 28.7 Å². The highest BCUT2D eigenvalue weighted by molar-refractivity contribution is 5.66. The second-order valence-corrected chi connectivity index (χ2v) is 12.8. The molecule has 0 amide bonds. The topological polar surface area (TPSA) is 26.2 Å². The van der Waals surface area contributed by atoms with Gasteiger partial charge in [-0.15, -0.1) is 0 Å². The molecule has 4 heteroatoms. The fraction of sp³-hybridized carbons (Fsp3) is 0.667. The number of rotatable bonds is 6. The first-order valence-corrected chi connectivity index (χ1v) is 13.3. The summed E-state index contributed by atoms with van der Waals surface area (Å²) in [4.78, 5) is 0. The van der Waals surface area contributed by atoms with Crippen LogP contribution in [-0.4, -0.2) is 23.8 Å². The molecular formula is C30H45FN2O. The van der Waals surface area contributed by atoms with Gasteiger partial charge in [-0.05, 0) is 77.0 Å². The van der Waals surface area contributed by atoms with Crippen molar-refractivity contribution in [2.24, 2.45) is 5.92 Å². The average Bonchev–Trinajstić information content (AvgIpc) is 3.02. The van der Waals surface area contributed by atoms with Gasteiger partial charge in [0.1, 0.15) is 5.82 Å². The summed E-state index contributed by atoms with van der Waals surface area (Å²) in [6, 6.07) is 7.05. The summed E-state index contributed by atoms with van der Waals surface area (Å²) in [7, 11) is 0. The van der Waals surface area contributed by atoms with Gasteiger partial charge in [0.25, 0.3) is 0 Å². The fourth-order valence-corrected chi connectivity index (χ4v) is 5.45. The van der Waals surface area contributed by atoms with Crippen LogP contribution < -0.4 is 5.32 Å². The Kier molecular flexibility index (Phi) is 7.32. The molecule has 4 rings (SSSR count). The molecule has 0 radical (unpaired) electrons. The lowest BCUT2D eigenvalue weighted by Gasteiger charge is -2.28. The van der Waals surface area contributed by atoms with Crippen molar-refractivity contribution in [2.75, 3.05) is 13.2 Å². The molecule has 2 aromatic rings. The minimum atomic E-state index is -0.259. The Morgan fingerprint density at radius 1 is 0.941 bits per heavy atom. The number of halogens is 1. The standard InChI is InChI=1S/C30H45FN2O/c1-20-23(16-32-24-18-34-19-24)15-27(33(20)17-21-11-9-8-10-12-21)22-13-25(29(2,3)4)28(31)26(14-22)30(5,6)7/h13-15,21,24,32H,8-12,16-19H2,1-7H3. The summed E-state index contributed by atoms with van der Waals surface area (Å²) in [5, 5.41) is 3.65. The summed E-state index contributed by atoms with van der Waals surface area (Å²) in [5.74, 6) is 0.682. The van der Waals surface area contributed by atoms with E-state index in [9.17, 15) is 0 Å². The molecule has 3 nitrogen and oxygen atoms in total. The van der Waals surface area contributed by atoms with E-state index in [2.05, 4.69) is 76.5 Å². The van der Waals surface area contributed by atoms with Gasteiger partial charge in [0.2, 0.25) is 0 Å². The SMILES string of the molecule is Cc1c(CNC2COC2)cc(-c2cc(C(C)(C)C)c(F)c(C(C)(C)C)c2)n1CC1CCCCC1. The molecule has 1 aliphatic carbocycles. The van der Waals surface area contributed by atoms with Crippen molar-refractivity contribution in [1.29, 1.82) is 0 Å². The van der Waals surface area contributed by atoms with Crippen molar-refractivity contribution in [2.45, 2.75) is 111 Å². The maximum absolute atomic E-state index is 15.7. The van der Waals surface area contributed by atoms with Crippen LogP contribution in [0, 0.1) is 18.7 Å². The molecule has 0 spiro atoms. The molecule has 0 bridgehead atoms. The Balaban J connectivity index is 1.80. The average molecular weight is 469 g/mol. The molecule has 0 unspecified atom stereocenters. The first kappa shape index (κ1) is 25.4.